The van der Waals surface area contributed by atoms with E-state index < -0.39 is 0 Å². The van der Waals surface area contributed by atoms with Gasteiger partial charge in [0.1, 0.15) is 5.82 Å². The fourth-order valence-electron chi connectivity index (χ4n) is 2.12. The van der Waals surface area contributed by atoms with Crippen LogP contribution in [0.4, 0.5) is 0 Å². The van der Waals surface area contributed by atoms with Crippen molar-refractivity contribution in [1.82, 2.24) is 20.5 Å². The predicted octanol–water partition coefficient (Wildman–Crippen LogP) is 3.27. The molecule has 114 valence electrons. The number of hydrogen-bond acceptors (Lipinski definition) is 4. The summed E-state index contributed by atoms with van der Waals surface area (Å²) in [6.07, 6.45) is 0. The third kappa shape index (κ3) is 3.50. The van der Waals surface area contributed by atoms with Crippen LogP contribution in [0.1, 0.15) is 65.5 Å². The van der Waals surface area contributed by atoms with Crippen LogP contribution in [0.5, 0.6) is 0 Å². The predicted molar refractivity (Wildman–Crippen MR) is 84.8 cm³/mol. The molecular weight excluding hydrogens is 284 g/mol. The van der Waals surface area contributed by atoms with E-state index in [1.807, 2.05) is 27.7 Å². The van der Waals surface area contributed by atoms with E-state index in [4.69, 9.17) is 0 Å². The van der Waals surface area contributed by atoms with Gasteiger partial charge in [0.15, 0.2) is 0 Å². The van der Waals surface area contributed by atoms with Crippen molar-refractivity contribution in [2.24, 2.45) is 0 Å². The molecule has 5 nitrogen and oxygen atoms in total. The third-order valence-corrected chi connectivity index (χ3v) is 4.27. The molecule has 0 spiro atoms. The molecular formula is C15H22N4OS. The van der Waals surface area contributed by atoms with Gasteiger partial charge in [0.2, 0.25) is 5.82 Å². The van der Waals surface area contributed by atoms with E-state index in [0.29, 0.717) is 5.82 Å². The lowest BCUT2D eigenvalue weighted by molar-refractivity contribution is 0.0929. The van der Waals surface area contributed by atoms with Crippen molar-refractivity contribution >= 4 is 17.2 Å². The molecule has 2 aromatic heterocycles. The number of aryl methyl sites for hydroxylation is 2. The lowest BCUT2D eigenvalue weighted by Gasteiger charge is -2.13. The van der Waals surface area contributed by atoms with Crippen LogP contribution in [0, 0.1) is 13.8 Å². The maximum Gasteiger partial charge on any atom is 0.291 e. The molecule has 2 rings (SSSR count). The van der Waals surface area contributed by atoms with Crippen molar-refractivity contribution in [3.05, 3.63) is 33.0 Å². The second-order valence-corrected chi connectivity index (χ2v) is 7.78. The Labute approximate surface area is 129 Å². The fourth-order valence-corrected chi connectivity index (χ4v) is 3.14. The van der Waals surface area contributed by atoms with E-state index >= 15 is 0 Å². The van der Waals surface area contributed by atoms with E-state index in [9.17, 15) is 4.79 Å². The van der Waals surface area contributed by atoms with Gasteiger partial charge in [0.05, 0.1) is 6.04 Å². The summed E-state index contributed by atoms with van der Waals surface area (Å²) >= 11 is 1.74. The molecule has 0 fully saturated rings. The largest absolute Gasteiger partial charge is 0.343 e. The average molecular weight is 306 g/mol. The number of H-pyrrole nitrogens is 1. The number of carbonyl (C=O) groups excluding carboxylic acids is 1. The topological polar surface area (TPSA) is 70.7 Å². The van der Waals surface area contributed by atoms with Gasteiger partial charge in [-0.25, -0.2) is 4.98 Å². The Balaban J connectivity index is 2.11. The van der Waals surface area contributed by atoms with Gasteiger partial charge in [0.25, 0.3) is 5.91 Å². The number of thiophene rings is 1. The minimum Gasteiger partial charge on any atom is -0.343 e. The van der Waals surface area contributed by atoms with Gasteiger partial charge in [-0.05, 0) is 32.4 Å². The minimum absolute atomic E-state index is 0.0564. The molecule has 1 atom stereocenters. The second-order valence-electron chi connectivity index (χ2n) is 6.32. The molecule has 0 saturated carbocycles. The summed E-state index contributed by atoms with van der Waals surface area (Å²) in [4.78, 5) is 19.0. The summed E-state index contributed by atoms with van der Waals surface area (Å²) in [6.45, 7) is 12.2. The molecule has 0 saturated heterocycles. The zero-order chi connectivity index (χ0) is 15.8. The summed E-state index contributed by atoms with van der Waals surface area (Å²) in [5.41, 5.74) is 0.996. The monoisotopic (exact) mass is 306 g/mol. The maximum absolute atomic E-state index is 12.2. The van der Waals surface area contributed by atoms with Gasteiger partial charge in [-0.15, -0.1) is 16.4 Å². The van der Waals surface area contributed by atoms with E-state index in [1.165, 1.54) is 9.75 Å². The van der Waals surface area contributed by atoms with Crippen molar-refractivity contribution in [2.45, 2.75) is 53.0 Å². The van der Waals surface area contributed by atoms with Crippen LogP contribution in [-0.4, -0.2) is 21.1 Å². The zero-order valence-electron chi connectivity index (χ0n) is 13.4. The number of hydrogen-bond donors (Lipinski definition) is 2. The molecule has 1 amide bonds. The molecule has 0 radical (unpaired) electrons. The highest BCUT2D eigenvalue weighted by molar-refractivity contribution is 7.12. The van der Waals surface area contributed by atoms with Crippen LogP contribution < -0.4 is 5.32 Å². The van der Waals surface area contributed by atoms with E-state index in [1.54, 1.807) is 11.3 Å². The Morgan fingerprint density at radius 1 is 1.38 bits per heavy atom. The van der Waals surface area contributed by atoms with Crippen molar-refractivity contribution in [1.29, 1.82) is 0 Å². The van der Waals surface area contributed by atoms with Crippen LogP contribution in [0.15, 0.2) is 6.07 Å². The smallest absolute Gasteiger partial charge is 0.291 e. The van der Waals surface area contributed by atoms with Gasteiger partial charge >= 0.3 is 0 Å². The Morgan fingerprint density at radius 3 is 2.52 bits per heavy atom. The molecule has 21 heavy (non-hydrogen) atoms. The Bertz CT molecular complexity index is 651. The third-order valence-electron chi connectivity index (χ3n) is 3.29. The first kappa shape index (κ1) is 15.7. The highest BCUT2D eigenvalue weighted by Gasteiger charge is 2.22. The first-order valence-electron chi connectivity index (χ1n) is 6.99. The molecule has 2 N–H and O–H groups in total. The van der Waals surface area contributed by atoms with E-state index in [-0.39, 0.29) is 23.2 Å². The standard InChI is InChI=1S/C15H22N4OS/c1-8-7-11(10(3)21-8)9(2)16-13(20)12-17-14(19-18-12)15(4,5)6/h7,9H,1-6H3,(H,16,20)(H,17,18,19). The van der Waals surface area contributed by atoms with Crippen LogP contribution in [0.3, 0.4) is 0 Å². The lowest BCUT2D eigenvalue weighted by atomic mass is 9.96. The highest BCUT2D eigenvalue weighted by Crippen LogP contribution is 2.26. The van der Waals surface area contributed by atoms with Crippen LogP contribution in [0.25, 0.3) is 0 Å². The summed E-state index contributed by atoms with van der Waals surface area (Å²) in [5, 5.41) is 9.80. The number of aromatic amines is 1. The van der Waals surface area contributed by atoms with Crippen molar-refractivity contribution in [3.63, 3.8) is 0 Å². The Morgan fingerprint density at radius 2 is 2.05 bits per heavy atom. The molecule has 0 aromatic carbocycles. The van der Waals surface area contributed by atoms with Crippen LogP contribution >= 0.6 is 11.3 Å². The summed E-state index contributed by atoms with van der Waals surface area (Å²) in [5.74, 6) is 0.650. The number of aromatic nitrogens is 3. The van der Waals surface area contributed by atoms with Crippen molar-refractivity contribution in [2.75, 3.05) is 0 Å². The number of carbonyl (C=O) groups is 1. The fraction of sp³-hybridized carbons (Fsp3) is 0.533. The highest BCUT2D eigenvalue weighted by atomic mass is 32.1. The SMILES string of the molecule is Cc1cc(C(C)NC(=O)c2n[nH]c(C(C)(C)C)n2)c(C)s1. The first-order valence-corrected chi connectivity index (χ1v) is 7.81. The molecule has 2 aromatic rings. The number of nitrogens with one attached hydrogen (secondary N) is 2. The molecule has 0 aliphatic heterocycles. The lowest BCUT2D eigenvalue weighted by Crippen LogP contribution is -2.28. The quantitative estimate of drug-likeness (QED) is 0.914. The maximum atomic E-state index is 12.2. The molecule has 6 heteroatoms. The van der Waals surface area contributed by atoms with Crippen LogP contribution in [-0.2, 0) is 5.41 Å². The molecule has 2 heterocycles. The van der Waals surface area contributed by atoms with Gasteiger partial charge in [0, 0.05) is 15.2 Å². The minimum atomic E-state index is -0.252. The second kappa shape index (κ2) is 5.60. The summed E-state index contributed by atoms with van der Waals surface area (Å²) in [7, 11) is 0. The zero-order valence-corrected chi connectivity index (χ0v) is 14.2. The molecule has 1 unspecified atom stereocenters. The van der Waals surface area contributed by atoms with E-state index in [0.717, 1.165) is 5.56 Å². The number of nitrogens with zero attached hydrogens (tertiary/aromatic N) is 2. The Hall–Kier alpha value is -1.69. The Kier molecular flexibility index (Phi) is 4.18. The summed E-state index contributed by atoms with van der Waals surface area (Å²) < 4.78 is 0. The summed E-state index contributed by atoms with van der Waals surface area (Å²) in [6, 6.07) is 2.06. The van der Waals surface area contributed by atoms with E-state index in [2.05, 4.69) is 40.4 Å². The van der Waals surface area contributed by atoms with Gasteiger partial charge in [-0.3, -0.25) is 9.89 Å². The number of amides is 1. The molecule has 0 aliphatic carbocycles. The number of rotatable bonds is 3. The van der Waals surface area contributed by atoms with Crippen molar-refractivity contribution in [3.8, 4) is 0 Å². The van der Waals surface area contributed by atoms with Gasteiger partial charge in [-0.1, -0.05) is 20.8 Å². The average Bonchev–Trinajstić information content (AvgIpc) is 2.95. The van der Waals surface area contributed by atoms with Gasteiger partial charge < -0.3 is 5.32 Å². The first-order chi connectivity index (χ1) is 9.68. The molecule has 0 bridgehead atoms. The van der Waals surface area contributed by atoms with Crippen molar-refractivity contribution < 1.29 is 4.79 Å². The normalized spacial score (nSPS) is 13.2. The van der Waals surface area contributed by atoms with Gasteiger partial charge in [-0.2, -0.15) is 0 Å². The van der Waals surface area contributed by atoms with Crippen LogP contribution in [0.2, 0.25) is 0 Å². The molecule has 0 aliphatic rings.